The molecule has 0 spiro atoms. The van der Waals surface area contributed by atoms with Crippen molar-refractivity contribution < 1.29 is 22.8 Å². The number of hydrogen-bond acceptors (Lipinski definition) is 4. The second-order valence-electron chi connectivity index (χ2n) is 12.8. The zero-order valence-corrected chi connectivity index (χ0v) is 25.2. The summed E-state index contributed by atoms with van der Waals surface area (Å²) in [6, 6.07) is 9.27. The Morgan fingerprint density at radius 3 is 2.17 bits per heavy atom. The molecule has 5 rings (SSSR count). The molecular formula is C31H41F3N4O2S. The maximum Gasteiger partial charge on any atom is 0.416 e. The van der Waals surface area contributed by atoms with Crippen molar-refractivity contribution in [3.8, 4) is 10.4 Å². The fourth-order valence-electron chi connectivity index (χ4n) is 6.55. The van der Waals surface area contributed by atoms with E-state index in [-0.39, 0.29) is 24.0 Å². The smallest absolute Gasteiger partial charge is 0.336 e. The Labute approximate surface area is 245 Å². The highest BCUT2D eigenvalue weighted by Crippen LogP contribution is 2.38. The van der Waals surface area contributed by atoms with E-state index in [0.29, 0.717) is 41.4 Å². The highest BCUT2D eigenvalue weighted by molar-refractivity contribution is 7.17. The molecule has 1 aromatic carbocycles. The normalized spacial score (nSPS) is 23.6. The molecule has 2 aromatic rings. The summed E-state index contributed by atoms with van der Waals surface area (Å²) < 4.78 is 38.7. The van der Waals surface area contributed by atoms with Crippen molar-refractivity contribution in [2.45, 2.75) is 76.7 Å². The molecular weight excluding hydrogens is 549 g/mol. The van der Waals surface area contributed by atoms with Gasteiger partial charge in [0.25, 0.3) is 5.91 Å². The highest BCUT2D eigenvalue weighted by Gasteiger charge is 2.39. The fraction of sp³-hybridized carbons (Fsp3) is 0.613. The van der Waals surface area contributed by atoms with E-state index in [2.05, 4.69) is 18.7 Å². The monoisotopic (exact) mass is 590 g/mol. The molecule has 41 heavy (non-hydrogen) atoms. The number of carbonyl (C=O) groups excluding carboxylic acids is 2. The molecule has 3 aliphatic rings. The van der Waals surface area contributed by atoms with Gasteiger partial charge in [0.1, 0.15) is 0 Å². The second kappa shape index (κ2) is 11.6. The van der Waals surface area contributed by atoms with E-state index in [4.69, 9.17) is 0 Å². The summed E-state index contributed by atoms with van der Waals surface area (Å²) in [5.41, 5.74) is 0.391. The Balaban J connectivity index is 1.13. The van der Waals surface area contributed by atoms with Crippen LogP contribution in [0.3, 0.4) is 0 Å². The van der Waals surface area contributed by atoms with Gasteiger partial charge in [-0.05, 0) is 73.8 Å². The Hall–Kier alpha value is -2.59. The third-order valence-electron chi connectivity index (χ3n) is 9.48. The highest BCUT2D eigenvalue weighted by atomic mass is 32.1. The number of likely N-dealkylation sites (tertiary alicyclic amines) is 2. The maximum atomic E-state index is 13.4. The molecule has 1 aromatic heterocycles. The van der Waals surface area contributed by atoms with Crippen molar-refractivity contribution in [1.82, 2.24) is 19.6 Å². The molecule has 1 saturated carbocycles. The quantitative estimate of drug-likeness (QED) is 0.391. The van der Waals surface area contributed by atoms with Gasteiger partial charge in [0.05, 0.1) is 16.5 Å². The molecule has 10 heteroatoms. The van der Waals surface area contributed by atoms with Gasteiger partial charge in [-0.3, -0.25) is 9.69 Å². The molecule has 2 atom stereocenters. The van der Waals surface area contributed by atoms with Crippen LogP contribution in [0.4, 0.5) is 18.0 Å². The largest absolute Gasteiger partial charge is 0.416 e. The first-order chi connectivity index (χ1) is 19.3. The van der Waals surface area contributed by atoms with Crippen LogP contribution >= 0.6 is 11.3 Å². The van der Waals surface area contributed by atoms with Gasteiger partial charge in [-0.15, -0.1) is 11.3 Å². The molecule has 2 saturated heterocycles. The Kier molecular flexibility index (Phi) is 8.45. The lowest BCUT2D eigenvalue weighted by Gasteiger charge is -2.39. The molecule has 224 valence electrons. The molecule has 3 amide bonds. The van der Waals surface area contributed by atoms with Crippen molar-refractivity contribution in [1.29, 1.82) is 0 Å². The average molecular weight is 591 g/mol. The SMILES string of the molecule is CN(C(=O)c1ccc(-c2ccc(C(F)(F)F)cc2)s1)C1CCN(C(=O)N(C)[C@@H]2CCN(C3CCC(C)(C)CC3)C2)C1. The van der Waals surface area contributed by atoms with Crippen LogP contribution in [0.1, 0.15) is 67.6 Å². The van der Waals surface area contributed by atoms with E-state index in [9.17, 15) is 22.8 Å². The molecule has 6 nitrogen and oxygen atoms in total. The molecule has 2 aliphatic heterocycles. The minimum Gasteiger partial charge on any atom is -0.336 e. The predicted molar refractivity (Wildman–Crippen MR) is 156 cm³/mol. The summed E-state index contributed by atoms with van der Waals surface area (Å²) in [5.74, 6) is -0.136. The lowest BCUT2D eigenvalue weighted by Crippen LogP contribution is -2.48. The van der Waals surface area contributed by atoms with Crippen molar-refractivity contribution in [3.63, 3.8) is 0 Å². The van der Waals surface area contributed by atoms with Crippen molar-refractivity contribution in [2.24, 2.45) is 5.41 Å². The van der Waals surface area contributed by atoms with E-state index in [1.165, 1.54) is 49.2 Å². The van der Waals surface area contributed by atoms with Gasteiger partial charge in [0.2, 0.25) is 0 Å². The average Bonchev–Trinajstić information content (AvgIpc) is 3.72. The van der Waals surface area contributed by atoms with E-state index < -0.39 is 11.7 Å². The summed E-state index contributed by atoms with van der Waals surface area (Å²) in [4.78, 5) is 36.0. The van der Waals surface area contributed by atoms with Gasteiger partial charge < -0.3 is 14.7 Å². The number of amides is 3. The summed E-state index contributed by atoms with van der Waals surface area (Å²) in [6.45, 7) is 7.80. The number of hydrogen-bond donors (Lipinski definition) is 0. The van der Waals surface area contributed by atoms with Gasteiger partial charge in [0.15, 0.2) is 0 Å². The molecule has 1 aliphatic carbocycles. The van der Waals surface area contributed by atoms with Gasteiger partial charge >= 0.3 is 12.2 Å². The lowest BCUT2D eigenvalue weighted by molar-refractivity contribution is -0.137. The third-order valence-corrected chi connectivity index (χ3v) is 10.6. The fourth-order valence-corrected chi connectivity index (χ4v) is 7.54. The zero-order valence-electron chi connectivity index (χ0n) is 24.4. The number of halogens is 3. The number of alkyl halides is 3. The van der Waals surface area contributed by atoms with Crippen molar-refractivity contribution in [3.05, 3.63) is 46.8 Å². The zero-order chi connectivity index (χ0) is 29.5. The standard InChI is InChI=1S/C31H41F3N4O2S/c1-30(2)15-11-23(12-16-30)37-17-13-25(19-37)36(4)29(40)38-18-14-24(20-38)35(3)28(39)27-10-9-26(41-27)21-5-7-22(8-6-21)31(32,33)34/h5-10,23-25H,11-20H2,1-4H3/t24?,25-/m1/s1. The van der Waals surface area contributed by atoms with E-state index in [1.54, 1.807) is 24.1 Å². The maximum absolute atomic E-state index is 13.4. The third kappa shape index (κ3) is 6.58. The topological polar surface area (TPSA) is 47.1 Å². The van der Waals surface area contributed by atoms with Crippen LogP contribution in [0.2, 0.25) is 0 Å². The van der Waals surface area contributed by atoms with Gasteiger partial charge in [-0.2, -0.15) is 13.2 Å². The number of thiophene rings is 1. The van der Waals surface area contributed by atoms with Crippen LogP contribution in [-0.4, -0.2) is 89.9 Å². The number of nitrogens with zero attached hydrogens (tertiary/aromatic N) is 4. The van der Waals surface area contributed by atoms with Crippen LogP contribution in [0.15, 0.2) is 36.4 Å². The number of carbonyl (C=O) groups is 2. The van der Waals surface area contributed by atoms with Crippen LogP contribution in [0.5, 0.6) is 0 Å². The summed E-state index contributed by atoms with van der Waals surface area (Å²) in [6.07, 6.45) is 2.33. The Morgan fingerprint density at radius 1 is 0.878 bits per heavy atom. The van der Waals surface area contributed by atoms with Crippen LogP contribution in [0, 0.1) is 5.41 Å². The van der Waals surface area contributed by atoms with Gasteiger partial charge in [-0.1, -0.05) is 26.0 Å². The minimum absolute atomic E-state index is 0.0330. The lowest BCUT2D eigenvalue weighted by atomic mass is 9.75. The Bertz CT molecular complexity index is 1230. The first-order valence-corrected chi connectivity index (χ1v) is 15.4. The molecule has 3 heterocycles. The summed E-state index contributed by atoms with van der Waals surface area (Å²) in [7, 11) is 3.68. The van der Waals surface area contributed by atoms with Crippen LogP contribution < -0.4 is 0 Å². The summed E-state index contributed by atoms with van der Waals surface area (Å²) in [5, 5.41) is 0. The predicted octanol–water partition coefficient (Wildman–Crippen LogP) is 6.68. The van der Waals surface area contributed by atoms with Gasteiger partial charge in [-0.25, -0.2) is 4.79 Å². The first kappa shape index (κ1) is 29.9. The van der Waals surface area contributed by atoms with E-state index >= 15 is 0 Å². The van der Waals surface area contributed by atoms with E-state index in [1.807, 2.05) is 16.8 Å². The van der Waals surface area contributed by atoms with Crippen LogP contribution in [0.25, 0.3) is 10.4 Å². The molecule has 3 fully saturated rings. The van der Waals surface area contributed by atoms with Crippen LogP contribution in [-0.2, 0) is 6.18 Å². The number of urea groups is 1. The molecule has 1 unspecified atom stereocenters. The summed E-state index contributed by atoms with van der Waals surface area (Å²) >= 11 is 1.27. The van der Waals surface area contributed by atoms with Crippen molar-refractivity contribution >= 4 is 23.3 Å². The number of likely N-dealkylation sites (N-methyl/N-ethyl adjacent to an activating group) is 2. The number of benzene rings is 1. The van der Waals surface area contributed by atoms with Gasteiger partial charge in [0, 0.05) is 57.2 Å². The molecule has 0 radical (unpaired) electrons. The first-order valence-electron chi connectivity index (χ1n) is 14.6. The molecule has 0 bridgehead atoms. The second-order valence-corrected chi connectivity index (χ2v) is 13.9. The minimum atomic E-state index is -4.38. The van der Waals surface area contributed by atoms with Crippen molar-refractivity contribution in [2.75, 3.05) is 40.3 Å². The Morgan fingerprint density at radius 2 is 1.51 bits per heavy atom. The number of rotatable bonds is 5. The molecule has 0 N–H and O–H groups in total. The van der Waals surface area contributed by atoms with E-state index in [0.717, 1.165) is 36.5 Å².